The molecule has 3 N–H and O–H groups in total. The molecule has 0 aliphatic carbocycles. The van der Waals surface area contributed by atoms with E-state index in [0.29, 0.717) is 19.2 Å². The number of hydrogen-bond donors (Lipinski definition) is 2. The van der Waals surface area contributed by atoms with Crippen LogP contribution in [0.25, 0.3) is 0 Å². The molecular weight excluding hydrogens is 240 g/mol. The molecule has 1 aliphatic rings. The van der Waals surface area contributed by atoms with Gasteiger partial charge in [-0.15, -0.1) is 0 Å². The van der Waals surface area contributed by atoms with Crippen molar-refractivity contribution in [3.8, 4) is 0 Å². The van der Waals surface area contributed by atoms with Crippen LogP contribution in [-0.4, -0.2) is 24.0 Å². The van der Waals surface area contributed by atoms with Gasteiger partial charge >= 0.3 is 6.03 Å². The molecule has 1 saturated heterocycles. The van der Waals surface area contributed by atoms with Gasteiger partial charge in [-0.05, 0) is 25.3 Å². The number of halogens is 2. The topological polar surface area (TPSA) is 58.4 Å². The van der Waals surface area contributed by atoms with Crippen LogP contribution in [0.1, 0.15) is 19.3 Å². The molecule has 6 heteroatoms. The predicted molar refractivity (Wildman–Crippen MR) is 65.2 cm³/mol. The largest absolute Gasteiger partial charge is 0.397 e. The van der Waals surface area contributed by atoms with E-state index < -0.39 is 17.7 Å². The van der Waals surface area contributed by atoms with E-state index in [1.165, 1.54) is 0 Å². The van der Waals surface area contributed by atoms with Crippen molar-refractivity contribution >= 4 is 17.4 Å². The zero-order valence-electron chi connectivity index (χ0n) is 9.88. The summed E-state index contributed by atoms with van der Waals surface area (Å²) in [5.74, 6) is -1.63. The maximum atomic E-state index is 13.5. The number of hydrogen-bond acceptors (Lipinski definition) is 2. The van der Waals surface area contributed by atoms with Gasteiger partial charge in [-0.3, -0.25) is 0 Å². The van der Waals surface area contributed by atoms with Gasteiger partial charge in [0.05, 0.1) is 5.69 Å². The lowest BCUT2D eigenvalue weighted by atomic mass is 10.1. The fourth-order valence-corrected chi connectivity index (χ4v) is 2.01. The van der Waals surface area contributed by atoms with Crippen molar-refractivity contribution in [2.75, 3.05) is 24.1 Å². The Morgan fingerprint density at radius 2 is 1.89 bits per heavy atom. The fraction of sp³-hybridized carbons (Fsp3) is 0.417. The SMILES string of the molecule is Nc1cc(F)cc(F)c1NC(=O)N1CCCCC1. The van der Waals surface area contributed by atoms with E-state index in [4.69, 9.17) is 5.73 Å². The van der Waals surface area contributed by atoms with Crippen LogP contribution >= 0.6 is 0 Å². The highest BCUT2D eigenvalue weighted by Crippen LogP contribution is 2.24. The molecule has 0 atom stereocenters. The van der Waals surface area contributed by atoms with Gasteiger partial charge < -0.3 is 16.0 Å². The molecule has 1 aromatic carbocycles. The van der Waals surface area contributed by atoms with Crippen LogP contribution in [0.5, 0.6) is 0 Å². The zero-order chi connectivity index (χ0) is 13.1. The van der Waals surface area contributed by atoms with E-state index >= 15 is 0 Å². The minimum absolute atomic E-state index is 0.113. The number of carbonyl (C=O) groups is 1. The third-order valence-corrected chi connectivity index (χ3v) is 2.96. The molecule has 1 aliphatic heterocycles. The molecule has 1 heterocycles. The molecule has 0 unspecified atom stereocenters. The van der Waals surface area contributed by atoms with E-state index in [0.717, 1.165) is 25.3 Å². The average Bonchev–Trinajstić information content (AvgIpc) is 2.34. The van der Waals surface area contributed by atoms with Gasteiger partial charge in [0.1, 0.15) is 11.5 Å². The third kappa shape index (κ3) is 2.69. The Balaban J connectivity index is 2.11. The first-order chi connectivity index (χ1) is 8.58. The number of rotatable bonds is 1. The Hall–Kier alpha value is -1.85. The summed E-state index contributed by atoms with van der Waals surface area (Å²) in [5.41, 5.74) is 5.21. The maximum Gasteiger partial charge on any atom is 0.321 e. The Bertz CT molecular complexity index is 436. The summed E-state index contributed by atoms with van der Waals surface area (Å²) in [5, 5.41) is 2.40. The molecule has 2 amide bonds. The van der Waals surface area contributed by atoms with Crippen LogP contribution in [0, 0.1) is 11.6 Å². The molecule has 0 spiro atoms. The number of carbonyl (C=O) groups excluding carboxylic acids is 1. The van der Waals surface area contributed by atoms with Crippen LogP contribution < -0.4 is 11.1 Å². The van der Waals surface area contributed by atoms with Crippen LogP contribution in [0.4, 0.5) is 25.0 Å². The summed E-state index contributed by atoms with van der Waals surface area (Å²) in [4.78, 5) is 13.5. The Morgan fingerprint density at radius 3 is 2.50 bits per heavy atom. The van der Waals surface area contributed by atoms with Crippen molar-refractivity contribution in [2.45, 2.75) is 19.3 Å². The van der Waals surface area contributed by atoms with Crippen molar-refractivity contribution in [2.24, 2.45) is 0 Å². The second-order valence-corrected chi connectivity index (χ2v) is 4.33. The standard InChI is InChI=1S/C12H15F2N3O/c13-8-6-9(14)11(10(15)7-8)16-12(18)17-4-2-1-3-5-17/h6-7H,1-5,15H2,(H,16,18). The lowest BCUT2D eigenvalue weighted by molar-refractivity contribution is 0.200. The first kappa shape index (κ1) is 12.6. The molecule has 0 bridgehead atoms. The number of nitrogen functional groups attached to an aromatic ring is 1. The molecule has 1 aromatic rings. The maximum absolute atomic E-state index is 13.5. The number of amides is 2. The smallest absolute Gasteiger partial charge is 0.321 e. The van der Waals surface area contributed by atoms with Gasteiger partial charge in [-0.2, -0.15) is 0 Å². The third-order valence-electron chi connectivity index (χ3n) is 2.96. The number of anilines is 2. The fourth-order valence-electron chi connectivity index (χ4n) is 2.01. The highest BCUT2D eigenvalue weighted by atomic mass is 19.1. The Morgan fingerprint density at radius 1 is 1.22 bits per heavy atom. The second-order valence-electron chi connectivity index (χ2n) is 4.33. The summed E-state index contributed by atoms with van der Waals surface area (Å²) in [6.45, 7) is 1.29. The second kappa shape index (κ2) is 5.20. The molecule has 1 fully saturated rings. The minimum Gasteiger partial charge on any atom is -0.397 e. The Labute approximate surface area is 104 Å². The van der Waals surface area contributed by atoms with Crippen LogP contribution in [0.3, 0.4) is 0 Å². The summed E-state index contributed by atoms with van der Waals surface area (Å²) >= 11 is 0. The normalized spacial score (nSPS) is 15.6. The number of urea groups is 1. The molecule has 98 valence electrons. The lowest BCUT2D eigenvalue weighted by Crippen LogP contribution is -2.39. The molecule has 18 heavy (non-hydrogen) atoms. The summed E-state index contributed by atoms with van der Waals surface area (Å²) in [6.07, 6.45) is 2.97. The zero-order valence-corrected chi connectivity index (χ0v) is 9.88. The van der Waals surface area contributed by atoms with Gasteiger partial charge in [0.25, 0.3) is 0 Å². The summed E-state index contributed by atoms with van der Waals surface area (Å²) in [6, 6.07) is 1.28. The first-order valence-electron chi connectivity index (χ1n) is 5.88. The number of nitrogens with one attached hydrogen (secondary N) is 1. The van der Waals surface area contributed by atoms with E-state index in [2.05, 4.69) is 5.32 Å². The number of likely N-dealkylation sites (tertiary alicyclic amines) is 1. The molecule has 2 rings (SSSR count). The molecular formula is C12H15F2N3O. The van der Waals surface area contributed by atoms with Gasteiger partial charge in [-0.25, -0.2) is 13.6 Å². The lowest BCUT2D eigenvalue weighted by Gasteiger charge is -2.27. The number of piperidine rings is 1. The van der Waals surface area contributed by atoms with Crippen molar-refractivity contribution in [1.29, 1.82) is 0 Å². The van der Waals surface area contributed by atoms with Crippen molar-refractivity contribution in [3.05, 3.63) is 23.8 Å². The van der Waals surface area contributed by atoms with E-state index in [1.54, 1.807) is 4.90 Å². The van der Waals surface area contributed by atoms with Gasteiger partial charge in [0.15, 0.2) is 5.82 Å². The quantitative estimate of drug-likeness (QED) is 0.758. The van der Waals surface area contributed by atoms with Crippen LogP contribution in [0.15, 0.2) is 12.1 Å². The van der Waals surface area contributed by atoms with Gasteiger partial charge in [0.2, 0.25) is 0 Å². The number of benzene rings is 1. The minimum atomic E-state index is -0.863. The molecule has 0 saturated carbocycles. The van der Waals surface area contributed by atoms with Crippen molar-refractivity contribution < 1.29 is 13.6 Å². The van der Waals surface area contributed by atoms with Crippen molar-refractivity contribution in [1.82, 2.24) is 4.90 Å². The highest BCUT2D eigenvalue weighted by molar-refractivity contribution is 5.92. The van der Waals surface area contributed by atoms with Crippen molar-refractivity contribution in [3.63, 3.8) is 0 Å². The molecule has 0 aromatic heterocycles. The first-order valence-corrected chi connectivity index (χ1v) is 5.88. The Kier molecular flexibility index (Phi) is 3.64. The summed E-state index contributed by atoms with van der Waals surface area (Å²) in [7, 11) is 0. The van der Waals surface area contributed by atoms with E-state index in [1.807, 2.05) is 0 Å². The molecule has 4 nitrogen and oxygen atoms in total. The monoisotopic (exact) mass is 255 g/mol. The van der Waals surface area contributed by atoms with E-state index in [-0.39, 0.29) is 11.4 Å². The van der Waals surface area contributed by atoms with E-state index in [9.17, 15) is 13.6 Å². The number of nitrogens with two attached hydrogens (primary N) is 1. The summed E-state index contributed by atoms with van der Waals surface area (Å²) < 4.78 is 26.3. The van der Waals surface area contributed by atoms with Crippen LogP contribution in [-0.2, 0) is 0 Å². The highest BCUT2D eigenvalue weighted by Gasteiger charge is 2.19. The van der Waals surface area contributed by atoms with Gasteiger partial charge in [0, 0.05) is 19.2 Å². The molecule has 0 radical (unpaired) electrons. The predicted octanol–water partition coefficient (Wildman–Crippen LogP) is 2.56. The number of nitrogens with zero attached hydrogens (tertiary/aromatic N) is 1. The van der Waals surface area contributed by atoms with Crippen LogP contribution in [0.2, 0.25) is 0 Å². The average molecular weight is 255 g/mol. The van der Waals surface area contributed by atoms with Gasteiger partial charge in [-0.1, -0.05) is 0 Å².